The van der Waals surface area contributed by atoms with Crippen LogP contribution in [0.2, 0.25) is 0 Å². The summed E-state index contributed by atoms with van der Waals surface area (Å²) in [6, 6.07) is 12.1. The summed E-state index contributed by atoms with van der Waals surface area (Å²) < 4.78 is 1.78. The molecule has 0 saturated carbocycles. The SMILES string of the molecule is CC(C)CN1CCN(c2cccc(-c3cnc4ccc(C=C5SC(=O)NC5=O)nn34)c2)CC1. The van der Waals surface area contributed by atoms with Crippen molar-refractivity contribution in [3.8, 4) is 11.3 Å². The predicted molar refractivity (Wildman–Crippen MR) is 131 cm³/mol. The number of carbonyl (C=O) groups is 2. The number of imidazole rings is 1. The number of rotatable bonds is 5. The molecule has 0 spiro atoms. The highest BCUT2D eigenvalue weighted by Crippen LogP contribution is 2.28. The average molecular weight is 463 g/mol. The summed E-state index contributed by atoms with van der Waals surface area (Å²) >= 11 is 0.885. The van der Waals surface area contributed by atoms with Gasteiger partial charge in [-0.05, 0) is 48.0 Å². The van der Waals surface area contributed by atoms with Crippen molar-refractivity contribution >= 4 is 40.3 Å². The van der Waals surface area contributed by atoms with Crippen LogP contribution in [0.3, 0.4) is 0 Å². The summed E-state index contributed by atoms with van der Waals surface area (Å²) in [6.45, 7) is 9.85. The van der Waals surface area contributed by atoms with Gasteiger partial charge in [0.25, 0.3) is 11.1 Å². The molecule has 0 aliphatic carbocycles. The van der Waals surface area contributed by atoms with Gasteiger partial charge in [-0.2, -0.15) is 5.10 Å². The molecule has 0 unspecified atom stereocenters. The van der Waals surface area contributed by atoms with E-state index in [9.17, 15) is 9.59 Å². The third-order valence-corrected chi connectivity index (χ3v) is 6.62. The highest BCUT2D eigenvalue weighted by Gasteiger charge is 2.25. The van der Waals surface area contributed by atoms with Crippen LogP contribution in [0.15, 0.2) is 47.5 Å². The Morgan fingerprint density at radius 3 is 2.67 bits per heavy atom. The Morgan fingerprint density at radius 2 is 1.94 bits per heavy atom. The van der Waals surface area contributed by atoms with Gasteiger partial charge in [0.2, 0.25) is 0 Å². The normalized spacial score (nSPS) is 18.6. The Morgan fingerprint density at radius 1 is 1.12 bits per heavy atom. The van der Waals surface area contributed by atoms with Crippen LogP contribution in [0.25, 0.3) is 23.0 Å². The van der Waals surface area contributed by atoms with Crippen molar-refractivity contribution in [3.05, 3.63) is 53.2 Å². The van der Waals surface area contributed by atoms with E-state index in [0.29, 0.717) is 16.5 Å². The topological polar surface area (TPSA) is 82.8 Å². The van der Waals surface area contributed by atoms with Gasteiger partial charge in [0.1, 0.15) is 0 Å². The molecule has 0 bridgehead atoms. The first kappa shape index (κ1) is 21.7. The average Bonchev–Trinajstić information content (AvgIpc) is 3.36. The predicted octanol–water partition coefficient (Wildman–Crippen LogP) is 3.50. The number of carbonyl (C=O) groups excluding carboxylic acids is 2. The summed E-state index contributed by atoms with van der Waals surface area (Å²) in [5, 5.41) is 6.57. The number of nitrogens with zero attached hydrogens (tertiary/aromatic N) is 5. The number of aromatic nitrogens is 3. The number of hydrogen-bond donors (Lipinski definition) is 1. The Hall–Kier alpha value is -3.17. The van der Waals surface area contributed by atoms with Gasteiger partial charge >= 0.3 is 0 Å². The fraction of sp³-hybridized carbons (Fsp3) is 0.333. The maximum absolute atomic E-state index is 11.9. The number of hydrogen-bond acceptors (Lipinski definition) is 7. The molecule has 2 aromatic heterocycles. The molecule has 33 heavy (non-hydrogen) atoms. The Bertz CT molecular complexity index is 1240. The van der Waals surface area contributed by atoms with Crippen LogP contribution in [0.4, 0.5) is 10.5 Å². The number of amides is 2. The van der Waals surface area contributed by atoms with Gasteiger partial charge < -0.3 is 4.90 Å². The summed E-state index contributed by atoms with van der Waals surface area (Å²) in [7, 11) is 0. The number of thioether (sulfide) groups is 1. The summed E-state index contributed by atoms with van der Waals surface area (Å²) in [5.41, 5.74) is 4.42. The molecule has 3 aromatic rings. The summed E-state index contributed by atoms with van der Waals surface area (Å²) in [6.07, 6.45) is 3.45. The van der Waals surface area contributed by atoms with Crippen molar-refractivity contribution < 1.29 is 9.59 Å². The van der Waals surface area contributed by atoms with Gasteiger partial charge in [-0.1, -0.05) is 26.0 Å². The number of anilines is 1. The first-order valence-electron chi connectivity index (χ1n) is 11.1. The molecule has 4 heterocycles. The highest BCUT2D eigenvalue weighted by atomic mass is 32.2. The molecule has 5 rings (SSSR count). The second-order valence-corrected chi connectivity index (χ2v) is 9.77. The first-order valence-corrected chi connectivity index (χ1v) is 12.0. The molecule has 9 heteroatoms. The minimum Gasteiger partial charge on any atom is -0.369 e. The minimum absolute atomic E-state index is 0.340. The molecule has 2 saturated heterocycles. The third kappa shape index (κ3) is 4.65. The van der Waals surface area contributed by atoms with E-state index in [-0.39, 0.29) is 11.1 Å². The Labute approximate surface area is 196 Å². The number of fused-ring (bicyclic) bond motifs is 1. The third-order valence-electron chi connectivity index (χ3n) is 5.81. The van der Waals surface area contributed by atoms with Crippen molar-refractivity contribution in [3.63, 3.8) is 0 Å². The lowest BCUT2D eigenvalue weighted by Crippen LogP contribution is -2.47. The molecular formula is C24H26N6O2S. The molecule has 1 aromatic carbocycles. The number of imide groups is 1. The molecule has 0 atom stereocenters. The van der Waals surface area contributed by atoms with E-state index in [4.69, 9.17) is 0 Å². The second kappa shape index (κ2) is 8.99. The first-order chi connectivity index (χ1) is 16.0. The molecule has 1 N–H and O–H groups in total. The van der Waals surface area contributed by atoms with Gasteiger partial charge in [-0.25, -0.2) is 9.50 Å². The van der Waals surface area contributed by atoms with Crippen LogP contribution in [0.5, 0.6) is 0 Å². The maximum Gasteiger partial charge on any atom is 0.290 e. The lowest BCUT2D eigenvalue weighted by molar-refractivity contribution is -0.115. The standard InChI is InChI=1S/C24H26N6O2S/c1-16(2)15-28-8-10-29(11-9-28)19-5-3-4-17(12-19)20-14-25-22-7-6-18(27-30(20)22)13-21-23(31)26-24(32)33-21/h3-7,12-14,16H,8-11,15H2,1-2H3,(H,26,31,32). The maximum atomic E-state index is 11.9. The molecular weight excluding hydrogens is 436 g/mol. The van der Waals surface area contributed by atoms with Crippen LogP contribution in [-0.2, 0) is 4.79 Å². The number of nitrogens with one attached hydrogen (secondary N) is 1. The fourth-order valence-corrected chi connectivity index (χ4v) is 4.95. The molecule has 2 aliphatic rings. The summed E-state index contributed by atoms with van der Waals surface area (Å²) in [4.78, 5) is 33.1. The second-order valence-electron chi connectivity index (χ2n) is 8.76. The van der Waals surface area contributed by atoms with Crippen molar-refractivity contribution in [2.24, 2.45) is 5.92 Å². The van der Waals surface area contributed by atoms with Gasteiger partial charge in [0.05, 0.1) is 22.5 Å². The van der Waals surface area contributed by atoms with E-state index in [0.717, 1.165) is 61.4 Å². The number of piperazine rings is 1. The summed E-state index contributed by atoms with van der Waals surface area (Å²) in [5.74, 6) is 0.295. The van der Waals surface area contributed by atoms with E-state index in [1.54, 1.807) is 16.7 Å². The molecule has 0 radical (unpaired) electrons. The van der Waals surface area contributed by atoms with Crippen LogP contribution in [0, 0.1) is 5.92 Å². The Balaban J connectivity index is 1.40. The lowest BCUT2D eigenvalue weighted by atomic mass is 10.1. The van der Waals surface area contributed by atoms with E-state index < -0.39 is 0 Å². The molecule has 2 aliphatic heterocycles. The van der Waals surface area contributed by atoms with E-state index in [1.165, 1.54) is 5.69 Å². The van der Waals surface area contributed by atoms with Gasteiger partial charge in [0, 0.05) is 44.0 Å². The number of benzene rings is 1. The molecule has 170 valence electrons. The zero-order valence-corrected chi connectivity index (χ0v) is 19.5. The van der Waals surface area contributed by atoms with Crippen LogP contribution >= 0.6 is 11.8 Å². The molecule has 8 nitrogen and oxygen atoms in total. The Kier molecular flexibility index (Phi) is 5.90. The van der Waals surface area contributed by atoms with Crippen LogP contribution < -0.4 is 10.2 Å². The largest absolute Gasteiger partial charge is 0.369 e. The molecule has 2 amide bonds. The van der Waals surface area contributed by atoms with Crippen molar-refractivity contribution in [1.29, 1.82) is 0 Å². The van der Waals surface area contributed by atoms with Crippen LogP contribution in [0.1, 0.15) is 19.5 Å². The zero-order valence-electron chi connectivity index (χ0n) is 18.7. The quantitative estimate of drug-likeness (QED) is 0.581. The van der Waals surface area contributed by atoms with Crippen molar-refractivity contribution in [2.45, 2.75) is 13.8 Å². The highest BCUT2D eigenvalue weighted by molar-refractivity contribution is 8.18. The monoisotopic (exact) mass is 462 g/mol. The van der Waals surface area contributed by atoms with E-state index >= 15 is 0 Å². The zero-order chi connectivity index (χ0) is 22.9. The fourth-order valence-electron chi connectivity index (χ4n) is 4.28. The smallest absolute Gasteiger partial charge is 0.290 e. The molecule has 2 fully saturated rings. The van der Waals surface area contributed by atoms with Gasteiger partial charge in [-0.3, -0.25) is 19.8 Å². The van der Waals surface area contributed by atoms with Crippen LogP contribution in [-0.4, -0.2) is 63.4 Å². The van der Waals surface area contributed by atoms with Gasteiger partial charge in [-0.15, -0.1) is 0 Å². The minimum atomic E-state index is -0.390. The van der Waals surface area contributed by atoms with Gasteiger partial charge in [0.15, 0.2) is 5.65 Å². The van der Waals surface area contributed by atoms with Crippen molar-refractivity contribution in [1.82, 2.24) is 24.8 Å². The van der Waals surface area contributed by atoms with E-state index in [1.807, 2.05) is 12.3 Å². The van der Waals surface area contributed by atoms with E-state index in [2.05, 4.69) is 63.3 Å². The lowest BCUT2D eigenvalue weighted by Gasteiger charge is -2.37. The van der Waals surface area contributed by atoms with Crippen molar-refractivity contribution in [2.75, 3.05) is 37.6 Å².